The van der Waals surface area contributed by atoms with E-state index in [-0.39, 0.29) is 11.8 Å². The van der Waals surface area contributed by atoms with E-state index >= 15 is 0 Å². The fourth-order valence-corrected chi connectivity index (χ4v) is 2.94. The van der Waals surface area contributed by atoms with Crippen molar-refractivity contribution in [1.82, 2.24) is 10.3 Å². The minimum Gasteiger partial charge on any atom is -0.385 e. The van der Waals surface area contributed by atoms with Crippen LogP contribution in [0.15, 0.2) is 18.3 Å². The number of pyridine rings is 1. The maximum atomic E-state index is 12.6. The molecule has 1 saturated heterocycles. The summed E-state index contributed by atoms with van der Waals surface area (Å²) in [5.41, 5.74) is -1.77. The van der Waals surface area contributed by atoms with Crippen molar-refractivity contribution in [3.63, 3.8) is 0 Å². The SMILES string of the molecule is COCCC(C)(C#N)NC(=O)C1CCN(c2ccc(C(F)(F)F)cn2)CC1. The van der Waals surface area contributed by atoms with Gasteiger partial charge in [0.25, 0.3) is 0 Å². The Bertz CT molecular complexity index is 679. The van der Waals surface area contributed by atoms with Crippen LogP contribution in [0.3, 0.4) is 0 Å². The molecule has 1 aliphatic rings. The molecule has 1 atom stereocenters. The van der Waals surface area contributed by atoms with Crippen molar-refractivity contribution in [3.8, 4) is 6.07 Å². The molecule has 148 valence electrons. The van der Waals surface area contributed by atoms with Gasteiger partial charge in [0.2, 0.25) is 5.91 Å². The predicted octanol–water partition coefficient (Wildman–Crippen LogP) is 2.75. The molecule has 0 radical (unpaired) electrons. The highest BCUT2D eigenvalue weighted by Crippen LogP contribution is 2.30. The zero-order valence-electron chi connectivity index (χ0n) is 15.3. The number of carbonyl (C=O) groups is 1. The zero-order valence-corrected chi connectivity index (χ0v) is 15.3. The fourth-order valence-electron chi connectivity index (χ4n) is 2.94. The van der Waals surface area contributed by atoms with Crippen molar-refractivity contribution < 1.29 is 22.7 Å². The molecule has 1 amide bonds. The van der Waals surface area contributed by atoms with E-state index in [1.165, 1.54) is 13.2 Å². The maximum Gasteiger partial charge on any atom is 0.417 e. The Morgan fingerprint density at radius 3 is 2.56 bits per heavy atom. The number of nitriles is 1. The largest absolute Gasteiger partial charge is 0.417 e. The monoisotopic (exact) mass is 384 g/mol. The van der Waals surface area contributed by atoms with Crippen LogP contribution in [0.25, 0.3) is 0 Å². The molecule has 0 spiro atoms. The molecule has 2 rings (SSSR count). The molecule has 27 heavy (non-hydrogen) atoms. The normalized spacial score (nSPS) is 17.9. The molecular weight excluding hydrogens is 361 g/mol. The Hall–Kier alpha value is -2.34. The van der Waals surface area contributed by atoms with E-state index in [0.29, 0.717) is 44.8 Å². The summed E-state index contributed by atoms with van der Waals surface area (Å²) in [6.07, 6.45) is -2.12. The summed E-state index contributed by atoms with van der Waals surface area (Å²) >= 11 is 0. The fraction of sp³-hybridized carbons (Fsp3) is 0.611. The van der Waals surface area contributed by atoms with Gasteiger partial charge in [0.1, 0.15) is 11.4 Å². The molecule has 1 fully saturated rings. The van der Waals surface area contributed by atoms with Crippen molar-refractivity contribution in [2.45, 2.75) is 37.9 Å². The van der Waals surface area contributed by atoms with Crippen molar-refractivity contribution >= 4 is 11.7 Å². The van der Waals surface area contributed by atoms with E-state index in [2.05, 4.69) is 16.4 Å². The first-order valence-electron chi connectivity index (χ1n) is 8.69. The van der Waals surface area contributed by atoms with E-state index in [1.54, 1.807) is 6.92 Å². The van der Waals surface area contributed by atoms with Gasteiger partial charge in [-0.3, -0.25) is 4.79 Å². The van der Waals surface area contributed by atoms with Crippen LogP contribution < -0.4 is 10.2 Å². The van der Waals surface area contributed by atoms with Crippen molar-refractivity contribution in [2.24, 2.45) is 5.92 Å². The Kier molecular flexibility index (Phi) is 6.65. The lowest BCUT2D eigenvalue weighted by Gasteiger charge is -2.33. The van der Waals surface area contributed by atoms with E-state index in [9.17, 15) is 23.2 Å². The van der Waals surface area contributed by atoms with Crippen LogP contribution >= 0.6 is 0 Å². The number of anilines is 1. The second-order valence-electron chi connectivity index (χ2n) is 6.84. The Balaban J connectivity index is 1.91. The lowest BCUT2D eigenvalue weighted by Crippen LogP contribution is -2.50. The number of methoxy groups -OCH3 is 1. The molecule has 9 heteroatoms. The minimum atomic E-state index is -4.41. The minimum absolute atomic E-state index is 0.185. The summed E-state index contributed by atoms with van der Waals surface area (Å²) < 4.78 is 42.8. The van der Waals surface area contributed by atoms with Gasteiger partial charge in [0, 0.05) is 45.3 Å². The number of rotatable bonds is 6. The molecule has 0 aliphatic carbocycles. The average Bonchev–Trinajstić information content (AvgIpc) is 2.66. The third-order valence-electron chi connectivity index (χ3n) is 4.72. The molecule has 1 aromatic heterocycles. The van der Waals surface area contributed by atoms with Crippen molar-refractivity contribution in [1.29, 1.82) is 5.26 Å². The van der Waals surface area contributed by atoms with Crippen LogP contribution in [0, 0.1) is 17.2 Å². The van der Waals surface area contributed by atoms with Crippen LogP contribution in [-0.2, 0) is 15.7 Å². The molecule has 2 heterocycles. The highest BCUT2D eigenvalue weighted by Gasteiger charge is 2.33. The molecule has 1 aliphatic heterocycles. The summed E-state index contributed by atoms with van der Waals surface area (Å²) in [6.45, 7) is 3.04. The summed E-state index contributed by atoms with van der Waals surface area (Å²) in [5.74, 6) is 0.0323. The van der Waals surface area contributed by atoms with Gasteiger partial charge in [0.15, 0.2) is 0 Å². The van der Waals surface area contributed by atoms with Gasteiger partial charge in [0.05, 0.1) is 11.6 Å². The first-order chi connectivity index (χ1) is 12.7. The number of amides is 1. The number of nitrogens with zero attached hydrogens (tertiary/aromatic N) is 3. The number of hydrogen-bond acceptors (Lipinski definition) is 5. The molecule has 1 N–H and O–H groups in total. The lowest BCUT2D eigenvalue weighted by atomic mass is 9.93. The highest BCUT2D eigenvalue weighted by molar-refractivity contribution is 5.80. The van der Waals surface area contributed by atoms with Gasteiger partial charge in [-0.2, -0.15) is 18.4 Å². The van der Waals surface area contributed by atoms with Gasteiger partial charge >= 0.3 is 6.18 Å². The Labute approximate surface area is 156 Å². The molecule has 0 bridgehead atoms. The number of hydrogen-bond donors (Lipinski definition) is 1. The first kappa shape index (κ1) is 21.0. The average molecular weight is 384 g/mol. The molecule has 0 aromatic carbocycles. The molecule has 1 aromatic rings. The maximum absolute atomic E-state index is 12.6. The van der Waals surface area contributed by atoms with Gasteiger partial charge in [-0.25, -0.2) is 4.98 Å². The smallest absolute Gasteiger partial charge is 0.385 e. The van der Waals surface area contributed by atoms with Crippen LogP contribution in [0.5, 0.6) is 0 Å². The second kappa shape index (κ2) is 8.57. The Morgan fingerprint density at radius 1 is 1.41 bits per heavy atom. The quantitative estimate of drug-likeness (QED) is 0.816. The molecule has 1 unspecified atom stereocenters. The number of aromatic nitrogens is 1. The lowest BCUT2D eigenvalue weighted by molar-refractivity contribution is -0.137. The summed E-state index contributed by atoms with van der Waals surface area (Å²) in [6, 6.07) is 4.47. The van der Waals surface area contributed by atoms with Gasteiger partial charge in [-0.1, -0.05) is 0 Å². The van der Waals surface area contributed by atoms with Crippen LogP contribution in [0.2, 0.25) is 0 Å². The number of ether oxygens (including phenoxy) is 1. The predicted molar refractivity (Wildman–Crippen MR) is 92.8 cm³/mol. The second-order valence-corrected chi connectivity index (χ2v) is 6.84. The van der Waals surface area contributed by atoms with E-state index in [0.717, 1.165) is 12.3 Å². The van der Waals surface area contributed by atoms with E-state index < -0.39 is 17.3 Å². The number of carbonyl (C=O) groups excluding carboxylic acids is 1. The standard InChI is InChI=1S/C18H23F3N4O2/c1-17(12-22,7-10-27-2)24-16(26)13-5-8-25(9-6-13)15-4-3-14(11-23-15)18(19,20)21/h3-4,11,13H,5-10H2,1-2H3,(H,24,26). The first-order valence-corrected chi connectivity index (χ1v) is 8.69. The van der Waals surface area contributed by atoms with Crippen molar-refractivity contribution in [2.75, 3.05) is 31.7 Å². The van der Waals surface area contributed by atoms with Gasteiger partial charge in [-0.05, 0) is 31.9 Å². The third kappa shape index (κ3) is 5.57. The number of nitrogens with one attached hydrogen (secondary N) is 1. The Morgan fingerprint density at radius 2 is 2.07 bits per heavy atom. The van der Waals surface area contributed by atoms with Gasteiger partial charge in [-0.15, -0.1) is 0 Å². The summed E-state index contributed by atoms with van der Waals surface area (Å²) in [7, 11) is 1.53. The highest BCUT2D eigenvalue weighted by atomic mass is 19.4. The van der Waals surface area contributed by atoms with Crippen LogP contribution in [0.4, 0.5) is 19.0 Å². The molecular formula is C18H23F3N4O2. The number of alkyl halides is 3. The van der Waals surface area contributed by atoms with E-state index in [4.69, 9.17) is 4.74 Å². The molecule has 6 nitrogen and oxygen atoms in total. The van der Waals surface area contributed by atoms with Crippen LogP contribution in [0.1, 0.15) is 31.7 Å². The summed E-state index contributed by atoms with van der Waals surface area (Å²) in [5, 5.41) is 12.1. The number of halogens is 3. The zero-order chi connectivity index (χ0) is 20.1. The van der Waals surface area contributed by atoms with E-state index in [1.807, 2.05) is 4.90 Å². The van der Waals surface area contributed by atoms with Gasteiger partial charge < -0.3 is 15.0 Å². The topological polar surface area (TPSA) is 78.2 Å². The third-order valence-corrected chi connectivity index (χ3v) is 4.72. The van der Waals surface area contributed by atoms with Crippen LogP contribution in [-0.4, -0.2) is 43.2 Å². The molecule has 0 saturated carbocycles. The summed E-state index contributed by atoms with van der Waals surface area (Å²) in [4.78, 5) is 18.2. The van der Waals surface area contributed by atoms with Crippen molar-refractivity contribution in [3.05, 3.63) is 23.9 Å². The number of piperidine rings is 1.